The van der Waals surface area contributed by atoms with Gasteiger partial charge in [-0.05, 0) is 38.0 Å². The van der Waals surface area contributed by atoms with Crippen molar-refractivity contribution in [2.45, 2.75) is 25.2 Å². The summed E-state index contributed by atoms with van der Waals surface area (Å²) in [7, 11) is -3.50. The van der Waals surface area contributed by atoms with Crippen LogP contribution in [0.4, 0.5) is 0 Å². The number of guanidine groups is 1. The second-order valence-electron chi connectivity index (χ2n) is 6.13. The molecule has 6 nitrogen and oxygen atoms in total. The van der Waals surface area contributed by atoms with Crippen LogP contribution in [0.5, 0.6) is 0 Å². The number of rotatable bonds is 9. The molecule has 0 saturated carbocycles. The quantitative estimate of drug-likeness (QED) is 0.207. The van der Waals surface area contributed by atoms with Crippen molar-refractivity contribution >= 4 is 40.0 Å². The van der Waals surface area contributed by atoms with Gasteiger partial charge in [0.15, 0.2) is 5.96 Å². The minimum Gasteiger partial charge on any atom is -0.357 e. The van der Waals surface area contributed by atoms with Crippen molar-refractivity contribution in [1.29, 1.82) is 0 Å². The number of aryl methyl sites for hydroxylation is 1. The van der Waals surface area contributed by atoms with Gasteiger partial charge in [0.2, 0.25) is 10.0 Å². The van der Waals surface area contributed by atoms with Gasteiger partial charge < -0.3 is 10.6 Å². The summed E-state index contributed by atoms with van der Waals surface area (Å²) in [6.07, 6.45) is 0.894. The summed E-state index contributed by atoms with van der Waals surface area (Å²) >= 11 is 0. The van der Waals surface area contributed by atoms with E-state index in [1.165, 1.54) is 5.56 Å². The Bertz CT molecular complexity index is 825. The fourth-order valence-electron chi connectivity index (χ4n) is 2.46. The molecule has 28 heavy (non-hydrogen) atoms. The zero-order chi connectivity index (χ0) is 19.5. The van der Waals surface area contributed by atoms with Crippen molar-refractivity contribution in [3.63, 3.8) is 0 Å². The summed E-state index contributed by atoms with van der Waals surface area (Å²) in [5.41, 5.74) is 2.28. The van der Waals surface area contributed by atoms with Crippen LogP contribution in [-0.2, 0) is 16.4 Å². The van der Waals surface area contributed by atoms with Crippen LogP contribution in [0.3, 0.4) is 0 Å². The predicted octanol–water partition coefficient (Wildman–Crippen LogP) is 2.69. The molecule has 0 radical (unpaired) electrons. The molecule has 154 valence electrons. The number of aliphatic imine (C=N–C) groups is 1. The molecule has 0 fully saturated rings. The highest BCUT2D eigenvalue weighted by atomic mass is 127. The molecule has 0 aliphatic rings. The van der Waals surface area contributed by atoms with E-state index in [1.54, 1.807) is 24.3 Å². The number of sulfonamides is 1. The first-order valence-corrected chi connectivity index (χ1v) is 10.6. The molecule has 3 N–H and O–H groups in total. The lowest BCUT2D eigenvalue weighted by atomic mass is 10.1. The number of benzene rings is 2. The monoisotopic (exact) mass is 516 g/mol. The molecule has 0 atom stereocenters. The molecule has 0 aliphatic heterocycles. The van der Waals surface area contributed by atoms with Crippen LogP contribution >= 0.6 is 24.0 Å². The number of hydrogen-bond acceptors (Lipinski definition) is 3. The number of hydrogen-bond donors (Lipinski definition) is 3. The minimum absolute atomic E-state index is 0. The second kappa shape index (κ2) is 12.7. The fourth-order valence-corrected chi connectivity index (χ4v) is 3.48. The van der Waals surface area contributed by atoms with Crippen LogP contribution in [0.15, 0.2) is 64.5 Å². The van der Waals surface area contributed by atoms with Crippen LogP contribution in [0.2, 0.25) is 0 Å². The topological polar surface area (TPSA) is 82.6 Å². The van der Waals surface area contributed by atoms with E-state index in [0.717, 1.165) is 25.1 Å². The van der Waals surface area contributed by atoms with Crippen LogP contribution in [0.25, 0.3) is 0 Å². The highest BCUT2D eigenvalue weighted by Crippen LogP contribution is 2.09. The summed E-state index contributed by atoms with van der Waals surface area (Å²) in [6.45, 7) is 6.01. The Labute approximate surface area is 185 Å². The Hall–Kier alpha value is -1.65. The molecule has 0 spiro atoms. The average Bonchev–Trinajstić information content (AvgIpc) is 2.66. The summed E-state index contributed by atoms with van der Waals surface area (Å²) in [5, 5.41) is 6.43. The van der Waals surface area contributed by atoms with Gasteiger partial charge in [0, 0.05) is 19.6 Å². The van der Waals surface area contributed by atoms with Gasteiger partial charge in [-0.25, -0.2) is 13.1 Å². The lowest BCUT2D eigenvalue weighted by Gasteiger charge is -2.11. The van der Waals surface area contributed by atoms with E-state index in [2.05, 4.69) is 32.5 Å². The molecule has 0 aromatic heterocycles. The van der Waals surface area contributed by atoms with Gasteiger partial charge in [-0.15, -0.1) is 24.0 Å². The average molecular weight is 516 g/mol. The Morgan fingerprint density at radius 1 is 0.964 bits per heavy atom. The van der Waals surface area contributed by atoms with E-state index in [1.807, 2.05) is 32.0 Å². The molecule has 2 aromatic rings. The van der Waals surface area contributed by atoms with Crippen molar-refractivity contribution in [3.05, 3.63) is 65.7 Å². The first-order chi connectivity index (χ1) is 13.0. The fraction of sp³-hybridized carbons (Fsp3) is 0.350. The van der Waals surface area contributed by atoms with Gasteiger partial charge in [-0.3, -0.25) is 4.99 Å². The minimum atomic E-state index is -3.50. The second-order valence-corrected chi connectivity index (χ2v) is 7.90. The maximum atomic E-state index is 12.3. The van der Waals surface area contributed by atoms with Crippen LogP contribution in [-0.4, -0.2) is 40.6 Å². The molecule has 0 unspecified atom stereocenters. The van der Waals surface area contributed by atoms with Gasteiger partial charge in [-0.2, -0.15) is 0 Å². The van der Waals surface area contributed by atoms with E-state index < -0.39 is 10.0 Å². The number of nitrogens with one attached hydrogen (secondary N) is 3. The molecule has 0 aliphatic carbocycles. The summed E-state index contributed by atoms with van der Waals surface area (Å²) < 4.78 is 27.1. The van der Waals surface area contributed by atoms with E-state index in [0.29, 0.717) is 12.5 Å². The van der Waals surface area contributed by atoms with Crippen molar-refractivity contribution < 1.29 is 8.42 Å². The first-order valence-electron chi connectivity index (χ1n) is 9.13. The predicted molar refractivity (Wildman–Crippen MR) is 126 cm³/mol. The SMILES string of the molecule is CCNC(=NCCNS(=O)(=O)c1ccc(C)cc1)NCCc1ccccc1.I. The Morgan fingerprint density at radius 2 is 1.64 bits per heavy atom. The maximum Gasteiger partial charge on any atom is 0.240 e. The van der Waals surface area contributed by atoms with Crippen molar-refractivity contribution in [3.8, 4) is 0 Å². The van der Waals surface area contributed by atoms with Gasteiger partial charge in [-0.1, -0.05) is 48.0 Å². The van der Waals surface area contributed by atoms with Gasteiger partial charge in [0.1, 0.15) is 0 Å². The smallest absolute Gasteiger partial charge is 0.240 e. The largest absolute Gasteiger partial charge is 0.357 e. The van der Waals surface area contributed by atoms with Gasteiger partial charge in [0.05, 0.1) is 11.4 Å². The lowest BCUT2D eigenvalue weighted by Crippen LogP contribution is -2.39. The molecule has 2 rings (SSSR count). The molecular formula is C20H29IN4O2S. The first kappa shape index (κ1) is 24.4. The standard InChI is InChI=1S/C20H28N4O2S.HI/c1-3-21-20(22-14-13-18-7-5-4-6-8-18)23-15-16-24-27(25,26)19-11-9-17(2)10-12-19;/h4-12,24H,3,13-16H2,1-2H3,(H2,21,22,23);1H. The number of halogens is 1. The third kappa shape index (κ3) is 8.57. The normalized spacial score (nSPS) is 11.6. The Kier molecular flexibility index (Phi) is 11.1. The molecule has 0 heterocycles. The molecule has 0 saturated heterocycles. The molecule has 2 aromatic carbocycles. The van der Waals surface area contributed by atoms with E-state index in [9.17, 15) is 8.42 Å². The summed E-state index contributed by atoms with van der Waals surface area (Å²) in [4.78, 5) is 4.69. The number of nitrogens with zero attached hydrogens (tertiary/aromatic N) is 1. The Morgan fingerprint density at radius 3 is 2.29 bits per heavy atom. The highest BCUT2D eigenvalue weighted by molar-refractivity contribution is 14.0. The third-order valence-corrected chi connectivity index (χ3v) is 5.38. The Balaban J connectivity index is 0.00000392. The molecular weight excluding hydrogens is 487 g/mol. The van der Waals surface area contributed by atoms with Crippen LogP contribution in [0.1, 0.15) is 18.1 Å². The lowest BCUT2D eigenvalue weighted by molar-refractivity contribution is 0.582. The van der Waals surface area contributed by atoms with Crippen molar-refractivity contribution in [1.82, 2.24) is 15.4 Å². The zero-order valence-corrected chi connectivity index (χ0v) is 19.5. The summed E-state index contributed by atoms with van der Waals surface area (Å²) in [6, 6.07) is 17.0. The van der Waals surface area contributed by atoms with Gasteiger partial charge in [0.25, 0.3) is 0 Å². The van der Waals surface area contributed by atoms with Crippen molar-refractivity contribution in [2.75, 3.05) is 26.2 Å². The van der Waals surface area contributed by atoms with Gasteiger partial charge >= 0.3 is 0 Å². The van der Waals surface area contributed by atoms with E-state index in [-0.39, 0.29) is 35.4 Å². The maximum absolute atomic E-state index is 12.3. The van der Waals surface area contributed by atoms with Crippen molar-refractivity contribution in [2.24, 2.45) is 4.99 Å². The zero-order valence-electron chi connectivity index (χ0n) is 16.3. The summed E-state index contributed by atoms with van der Waals surface area (Å²) in [5.74, 6) is 0.683. The molecule has 8 heteroatoms. The third-order valence-electron chi connectivity index (χ3n) is 3.90. The highest BCUT2D eigenvalue weighted by Gasteiger charge is 2.12. The van der Waals surface area contributed by atoms with E-state index in [4.69, 9.17) is 0 Å². The molecule has 0 amide bonds. The molecule has 0 bridgehead atoms. The van der Waals surface area contributed by atoms with E-state index >= 15 is 0 Å². The van der Waals surface area contributed by atoms with Crippen LogP contribution < -0.4 is 15.4 Å². The van der Waals surface area contributed by atoms with Crippen LogP contribution in [0, 0.1) is 6.92 Å².